The lowest BCUT2D eigenvalue weighted by molar-refractivity contribution is -0.117. The van der Waals surface area contributed by atoms with Crippen molar-refractivity contribution in [3.05, 3.63) is 89.0 Å². The van der Waals surface area contributed by atoms with Crippen molar-refractivity contribution in [3.63, 3.8) is 0 Å². The van der Waals surface area contributed by atoms with Crippen LogP contribution in [0.3, 0.4) is 0 Å². The van der Waals surface area contributed by atoms with Crippen molar-refractivity contribution in [2.45, 2.75) is 60.0 Å². The largest absolute Gasteiger partial charge is 0.490 e. The van der Waals surface area contributed by atoms with Crippen LogP contribution in [0.25, 0.3) is 5.70 Å². The minimum atomic E-state index is -1.55. The average molecular weight is 761 g/mol. The first kappa shape index (κ1) is 43.3. The van der Waals surface area contributed by atoms with Crippen molar-refractivity contribution in [3.8, 4) is 5.75 Å². The number of carboxylic acid groups (broad SMARTS) is 1. The van der Waals surface area contributed by atoms with E-state index in [1.807, 2.05) is 20.8 Å². The van der Waals surface area contributed by atoms with Crippen molar-refractivity contribution in [1.82, 2.24) is 15.7 Å². The van der Waals surface area contributed by atoms with Gasteiger partial charge in [0.05, 0.1) is 28.0 Å². The predicted octanol–water partition coefficient (Wildman–Crippen LogP) is 7.82. The minimum Gasteiger partial charge on any atom is -0.490 e. The third kappa shape index (κ3) is 14.0. The molecule has 0 bridgehead atoms. The van der Waals surface area contributed by atoms with Crippen molar-refractivity contribution in [2.24, 2.45) is 10.4 Å². The number of carbonyl (C=O) groups is 4. The first-order chi connectivity index (χ1) is 24.3. The van der Waals surface area contributed by atoms with Crippen LogP contribution in [-0.4, -0.2) is 71.7 Å². The molecule has 0 saturated carbocycles. The van der Waals surface area contributed by atoms with Gasteiger partial charge in [-0.15, -0.1) is 6.58 Å². The summed E-state index contributed by atoms with van der Waals surface area (Å²) in [6, 6.07) is 9.84. The van der Waals surface area contributed by atoms with E-state index in [1.165, 1.54) is 24.3 Å². The van der Waals surface area contributed by atoms with E-state index in [0.29, 0.717) is 23.5 Å². The van der Waals surface area contributed by atoms with Crippen molar-refractivity contribution >= 4 is 64.4 Å². The van der Waals surface area contributed by atoms with Crippen molar-refractivity contribution in [2.75, 3.05) is 31.6 Å². The summed E-state index contributed by atoms with van der Waals surface area (Å²) in [7, 11) is 0. The number of nitrogens with one attached hydrogen (secondary N) is 3. The summed E-state index contributed by atoms with van der Waals surface area (Å²) in [6.07, 6.45) is 2.02. The van der Waals surface area contributed by atoms with Gasteiger partial charge in [0.15, 0.2) is 0 Å². The van der Waals surface area contributed by atoms with Gasteiger partial charge in [-0.2, -0.15) is 4.99 Å². The molecule has 13 nitrogen and oxygen atoms in total. The zero-order valence-corrected chi connectivity index (χ0v) is 32.0. The number of benzene rings is 2. The highest BCUT2D eigenvalue weighted by Gasteiger charge is 2.34. The molecule has 0 aromatic heterocycles. The molecule has 2 rings (SSSR count). The fraction of sp³-hybridized carbons (Fsp3) is 0.378. The van der Waals surface area contributed by atoms with Gasteiger partial charge in [-0.3, -0.25) is 24.8 Å². The van der Waals surface area contributed by atoms with Crippen LogP contribution in [0.5, 0.6) is 5.75 Å². The maximum Gasteiger partial charge on any atom is 0.432 e. The van der Waals surface area contributed by atoms with E-state index >= 15 is 0 Å². The molecule has 0 saturated heterocycles. The Hall–Kier alpha value is -4.85. The van der Waals surface area contributed by atoms with E-state index in [1.54, 1.807) is 58.0 Å². The molecule has 0 aliphatic rings. The normalized spacial score (nSPS) is 12.6. The lowest BCUT2D eigenvalue weighted by Crippen LogP contribution is -2.41. The molecule has 52 heavy (non-hydrogen) atoms. The molecular formula is C37H47Cl2N5O8. The molecule has 282 valence electrons. The zero-order chi connectivity index (χ0) is 39.2. The number of carbonyl (C=O) groups excluding carboxylic acids is 3. The molecule has 2 aromatic carbocycles. The van der Waals surface area contributed by atoms with Gasteiger partial charge in [0.1, 0.15) is 30.3 Å². The highest BCUT2D eigenvalue weighted by Crippen LogP contribution is 2.41. The molecule has 0 heterocycles. The third-order valence-electron chi connectivity index (χ3n) is 6.74. The molecule has 0 fully saturated rings. The average Bonchev–Trinajstić information content (AvgIpc) is 3.02. The van der Waals surface area contributed by atoms with E-state index in [-0.39, 0.29) is 47.0 Å². The Morgan fingerprint density at radius 3 is 2.12 bits per heavy atom. The molecule has 1 unspecified atom stereocenters. The number of ether oxygens (including phenoxy) is 2. The smallest absolute Gasteiger partial charge is 0.432 e. The zero-order valence-electron chi connectivity index (χ0n) is 30.5. The Labute approximate surface area is 314 Å². The minimum absolute atomic E-state index is 0.0160. The third-order valence-corrected chi connectivity index (χ3v) is 7.34. The first-order valence-corrected chi connectivity index (χ1v) is 17.0. The Bertz CT molecular complexity index is 1660. The van der Waals surface area contributed by atoms with Crippen LogP contribution in [0.4, 0.5) is 15.3 Å². The molecule has 0 aliphatic heterocycles. The number of amidine groups is 1. The fourth-order valence-corrected chi connectivity index (χ4v) is 5.35. The number of halogens is 2. The van der Waals surface area contributed by atoms with Gasteiger partial charge in [-0.05, 0) is 75.1 Å². The number of rotatable bonds is 15. The van der Waals surface area contributed by atoms with Gasteiger partial charge in [-0.25, -0.2) is 9.59 Å². The van der Waals surface area contributed by atoms with Gasteiger partial charge in [-0.1, -0.05) is 62.7 Å². The molecule has 2 aromatic rings. The summed E-state index contributed by atoms with van der Waals surface area (Å²) in [4.78, 5) is 61.4. The van der Waals surface area contributed by atoms with Gasteiger partial charge in [0.2, 0.25) is 5.91 Å². The van der Waals surface area contributed by atoms with E-state index in [0.717, 1.165) is 4.90 Å². The SMILES string of the molecule is C=CCOc1ccc(C(=CC(=O)NC(=NC(=O)O)C(c2cc(Cl)c(NC(=O)CN(CC=C)C(=O)OC(C)(C)C)c(Cl)c2)C(C)(C)C)NOCC)cc1. The molecule has 4 N–H and O–H groups in total. The number of hydrogen-bond donors (Lipinski definition) is 4. The van der Waals surface area contributed by atoms with Gasteiger partial charge in [0, 0.05) is 24.1 Å². The van der Waals surface area contributed by atoms with E-state index < -0.39 is 40.9 Å². The Kier molecular flexibility index (Phi) is 16.4. The van der Waals surface area contributed by atoms with Gasteiger partial charge >= 0.3 is 12.2 Å². The highest BCUT2D eigenvalue weighted by molar-refractivity contribution is 6.40. The van der Waals surface area contributed by atoms with E-state index in [2.05, 4.69) is 34.3 Å². The molecule has 1 atom stereocenters. The van der Waals surface area contributed by atoms with Crippen molar-refractivity contribution < 1.29 is 38.6 Å². The van der Waals surface area contributed by atoms with Gasteiger partial charge < -0.3 is 25.2 Å². The van der Waals surface area contributed by atoms with E-state index in [4.69, 9.17) is 37.5 Å². The highest BCUT2D eigenvalue weighted by atomic mass is 35.5. The lowest BCUT2D eigenvalue weighted by atomic mass is 9.75. The Morgan fingerprint density at radius 2 is 1.62 bits per heavy atom. The quantitative estimate of drug-likeness (QED) is 0.0465. The van der Waals surface area contributed by atoms with Crippen LogP contribution in [0.2, 0.25) is 10.0 Å². The van der Waals surface area contributed by atoms with E-state index in [9.17, 15) is 24.3 Å². The molecule has 0 spiro atoms. The summed E-state index contributed by atoms with van der Waals surface area (Å²) in [6.45, 7) is 19.8. The lowest BCUT2D eigenvalue weighted by Gasteiger charge is -2.32. The number of nitrogens with zero attached hydrogens (tertiary/aromatic N) is 2. The summed E-state index contributed by atoms with van der Waals surface area (Å²) in [5.41, 5.74) is 2.51. The van der Waals surface area contributed by atoms with Crippen LogP contribution in [0, 0.1) is 5.41 Å². The molecule has 0 aliphatic carbocycles. The second-order valence-electron chi connectivity index (χ2n) is 13.3. The molecule has 4 amide bonds. The summed E-state index contributed by atoms with van der Waals surface area (Å²) < 4.78 is 10.9. The number of hydrogen-bond acceptors (Lipinski definition) is 8. The summed E-state index contributed by atoms with van der Waals surface area (Å²) >= 11 is 13.3. The van der Waals surface area contributed by atoms with Crippen LogP contribution in [0.1, 0.15) is 65.5 Å². The monoisotopic (exact) mass is 759 g/mol. The maximum atomic E-state index is 13.5. The summed E-state index contributed by atoms with van der Waals surface area (Å²) in [5, 5.41) is 15.0. The summed E-state index contributed by atoms with van der Waals surface area (Å²) in [5.74, 6) is -1.81. The number of hydroxylamine groups is 1. The van der Waals surface area contributed by atoms with Crippen molar-refractivity contribution in [1.29, 1.82) is 0 Å². The van der Waals surface area contributed by atoms with Crippen LogP contribution in [-0.2, 0) is 19.2 Å². The maximum absolute atomic E-state index is 13.5. The molecule has 15 heteroatoms. The molecular weight excluding hydrogens is 713 g/mol. The van der Waals surface area contributed by atoms with Crippen LogP contribution < -0.4 is 20.9 Å². The second kappa shape index (κ2) is 19.7. The van der Waals surface area contributed by atoms with Crippen LogP contribution in [0.15, 0.2) is 72.8 Å². The Balaban J connectivity index is 2.47. The fourth-order valence-electron chi connectivity index (χ4n) is 4.75. The topological polar surface area (TPSA) is 168 Å². The predicted molar refractivity (Wildman–Crippen MR) is 204 cm³/mol. The van der Waals surface area contributed by atoms with Crippen LogP contribution >= 0.6 is 23.2 Å². The first-order valence-electron chi connectivity index (χ1n) is 16.2. The Morgan fingerprint density at radius 1 is 1.00 bits per heavy atom. The number of aliphatic imine (C=N–C) groups is 1. The standard InChI is InChI=1S/C37H47Cl2N5O8/c1-10-17-44(35(49)52-37(7,8)9)22-30(46)40-32-26(38)19-24(20-27(32)39)31(36(4,5)6)33(42-34(47)48)41-29(45)21-28(43-51-12-3)23-13-15-25(16-14-23)50-18-11-2/h10-11,13-16,19-21,31,43H,1-2,12,17-18,22H2,3-9H3,(H,40,46)(H,47,48)(H,41,42,45). The van der Waals surface area contributed by atoms with Gasteiger partial charge in [0.25, 0.3) is 5.91 Å². The molecule has 0 radical (unpaired) electrons. The number of anilines is 1. The second-order valence-corrected chi connectivity index (χ2v) is 14.2. The number of amides is 4.